The van der Waals surface area contributed by atoms with Crippen LogP contribution in [0.3, 0.4) is 0 Å². The molecule has 3 nitrogen and oxygen atoms in total. The summed E-state index contributed by atoms with van der Waals surface area (Å²) in [4.78, 5) is 14.6. The highest BCUT2D eigenvalue weighted by Gasteiger charge is 2.17. The van der Waals surface area contributed by atoms with Crippen LogP contribution in [0.15, 0.2) is 42.5 Å². The zero-order valence-corrected chi connectivity index (χ0v) is 13.9. The van der Waals surface area contributed by atoms with Gasteiger partial charge in [-0.05, 0) is 61.6 Å². The molecule has 120 valence electrons. The molecule has 23 heavy (non-hydrogen) atoms. The predicted octanol–water partition coefficient (Wildman–Crippen LogP) is 3.49. The Labute approximate surface area is 138 Å². The van der Waals surface area contributed by atoms with Gasteiger partial charge in [-0.3, -0.25) is 4.79 Å². The highest BCUT2D eigenvalue weighted by molar-refractivity contribution is 5.94. The van der Waals surface area contributed by atoms with Crippen molar-refractivity contribution in [1.82, 2.24) is 5.32 Å². The van der Waals surface area contributed by atoms with E-state index in [4.69, 9.17) is 0 Å². The van der Waals surface area contributed by atoms with Crippen LogP contribution in [-0.2, 0) is 6.42 Å². The number of aryl methyl sites for hydroxylation is 2. The molecule has 3 heteroatoms. The van der Waals surface area contributed by atoms with Gasteiger partial charge in [0, 0.05) is 30.9 Å². The number of fused-ring (bicyclic) bond motifs is 1. The number of nitrogens with one attached hydrogen (secondary N) is 1. The third-order valence-corrected chi connectivity index (χ3v) is 4.64. The Kier molecular flexibility index (Phi) is 4.65. The molecule has 0 atom stereocenters. The smallest absolute Gasteiger partial charge is 0.251 e. The van der Waals surface area contributed by atoms with E-state index in [1.54, 1.807) is 0 Å². The molecular formula is C20H24N2O. The first kappa shape index (κ1) is 15.6. The first-order chi connectivity index (χ1) is 11.1. The molecule has 0 aliphatic carbocycles. The molecule has 1 N–H and O–H groups in total. The molecule has 0 saturated heterocycles. The van der Waals surface area contributed by atoms with Crippen LogP contribution < -0.4 is 10.2 Å². The number of carbonyl (C=O) groups excluding carboxylic acids is 1. The number of benzene rings is 2. The Morgan fingerprint density at radius 2 is 1.96 bits per heavy atom. The molecular weight excluding hydrogens is 284 g/mol. The fourth-order valence-electron chi connectivity index (χ4n) is 3.10. The second-order valence-electron chi connectivity index (χ2n) is 6.27. The minimum absolute atomic E-state index is 0.0231. The quantitative estimate of drug-likeness (QED) is 0.858. The summed E-state index contributed by atoms with van der Waals surface area (Å²) in [6.45, 7) is 6.89. The molecule has 0 aromatic heterocycles. The molecule has 0 radical (unpaired) electrons. The summed E-state index contributed by atoms with van der Waals surface area (Å²) in [5.41, 5.74) is 5.92. The van der Waals surface area contributed by atoms with Crippen LogP contribution in [0, 0.1) is 13.8 Å². The van der Waals surface area contributed by atoms with Crippen molar-refractivity contribution >= 4 is 11.6 Å². The van der Waals surface area contributed by atoms with Crippen molar-refractivity contribution in [3.8, 4) is 0 Å². The largest absolute Gasteiger partial charge is 0.371 e. The van der Waals surface area contributed by atoms with Crippen LogP contribution in [0.5, 0.6) is 0 Å². The molecule has 3 rings (SSSR count). The molecule has 2 aromatic carbocycles. The number of hydrogen-bond acceptors (Lipinski definition) is 2. The SMILES string of the molecule is Cc1ccc(C(=O)NCCCN2CCc3ccccc32)cc1C. The summed E-state index contributed by atoms with van der Waals surface area (Å²) in [5.74, 6) is 0.0231. The van der Waals surface area contributed by atoms with E-state index in [9.17, 15) is 4.79 Å². The Morgan fingerprint density at radius 3 is 2.78 bits per heavy atom. The fourth-order valence-corrected chi connectivity index (χ4v) is 3.10. The summed E-state index contributed by atoms with van der Waals surface area (Å²) < 4.78 is 0. The maximum Gasteiger partial charge on any atom is 0.251 e. The first-order valence-electron chi connectivity index (χ1n) is 8.33. The van der Waals surface area contributed by atoms with Gasteiger partial charge in [0.15, 0.2) is 0 Å². The number of nitrogens with zero attached hydrogens (tertiary/aromatic N) is 1. The molecule has 0 unspecified atom stereocenters. The minimum Gasteiger partial charge on any atom is -0.371 e. The van der Waals surface area contributed by atoms with Gasteiger partial charge in [-0.2, -0.15) is 0 Å². The van der Waals surface area contributed by atoms with Gasteiger partial charge in [0.1, 0.15) is 0 Å². The highest BCUT2D eigenvalue weighted by atomic mass is 16.1. The van der Waals surface area contributed by atoms with Gasteiger partial charge in [0.25, 0.3) is 5.91 Å². The molecule has 1 aliphatic heterocycles. The normalized spacial score (nSPS) is 13.0. The van der Waals surface area contributed by atoms with Gasteiger partial charge in [0.2, 0.25) is 0 Å². The number of hydrogen-bond donors (Lipinski definition) is 1. The zero-order valence-electron chi connectivity index (χ0n) is 13.9. The van der Waals surface area contributed by atoms with Crippen molar-refractivity contribution in [1.29, 1.82) is 0 Å². The molecule has 1 aliphatic rings. The van der Waals surface area contributed by atoms with Crippen LogP contribution in [0.25, 0.3) is 0 Å². The lowest BCUT2D eigenvalue weighted by Crippen LogP contribution is -2.29. The number of amides is 1. The summed E-state index contributed by atoms with van der Waals surface area (Å²) >= 11 is 0. The van der Waals surface area contributed by atoms with Crippen molar-refractivity contribution in [3.63, 3.8) is 0 Å². The number of anilines is 1. The summed E-state index contributed by atoms with van der Waals surface area (Å²) in [7, 11) is 0. The maximum absolute atomic E-state index is 12.2. The van der Waals surface area contributed by atoms with Crippen LogP contribution in [0.1, 0.15) is 33.5 Å². The summed E-state index contributed by atoms with van der Waals surface area (Å²) in [6, 6.07) is 14.5. The lowest BCUT2D eigenvalue weighted by atomic mass is 10.1. The Bertz CT molecular complexity index is 709. The molecule has 1 heterocycles. The van der Waals surface area contributed by atoms with Crippen molar-refractivity contribution in [2.75, 3.05) is 24.5 Å². The second kappa shape index (κ2) is 6.86. The van der Waals surface area contributed by atoms with E-state index < -0.39 is 0 Å². The monoisotopic (exact) mass is 308 g/mol. The van der Waals surface area contributed by atoms with Gasteiger partial charge in [-0.25, -0.2) is 0 Å². The second-order valence-corrected chi connectivity index (χ2v) is 6.27. The van der Waals surface area contributed by atoms with Crippen molar-refractivity contribution in [2.24, 2.45) is 0 Å². The Hall–Kier alpha value is -2.29. The minimum atomic E-state index is 0.0231. The number of carbonyl (C=O) groups is 1. The highest BCUT2D eigenvalue weighted by Crippen LogP contribution is 2.27. The molecule has 0 fully saturated rings. The van der Waals surface area contributed by atoms with Gasteiger partial charge in [-0.15, -0.1) is 0 Å². The van der Waals surface area contributed by atoms with Crippen molar-refractivity contribution in [2.45, 2.75) is 26.7 Å². The summed E-state index contributed by atoms with van der Waals surface area (Å²) in [6.07, 6.45) is 2.09. The average Bonchev–Trinajstić information content (AvgIpc) is 2.97. The molecule has 0 saturated carbocycles. The molecule has 1 amide bonds. The predicted molar refractivity (Wildman–Crippen MR) is 95.2 cm³/mol. The standard InChI is InChI=1S/C20H24N2O/c1-15-8-9-18(14-16(15)2)20(23)21-11-5-12-22-13-10-17-6-3-4-7-19(17)22/h3-4,6-9,14H,5,10-13H2,1-2H3,(H,21,23). The van der Waals surface area contributed by atoms with E-state index in [1.807, 2.05) is 25.1 Å². The van der Waals surface area contributed by atoms with E-state index >= 15 is 0 Å². The van der Waals surface area contributed by atoms with Crippen molar-refractivity contribution in [3.05, 3.63) is 64.7 Å². The van der Waals surface area contributed by atoms with E-state index in [1.165, 1.54) is 16.8 Å². The molecule has 2 aromatic rings. The van der Waals surface area contributed by atoms with E-state index in [0.717, 1.165) is 37.1 Å². The van der Waals surface area contributed by atoms with Crippen LogP contribution in [0.2, 0.25) is 0 Å². The van der Waals surface area contributed by atoms with Gasteiger partial charge < -0.3 is 10.2 Å². The van der Waals surface area contributed by atoms with Crippen LogP contribution >= 0.6 is 0 Å². The number of rotatable bonds is 5. The third kappa shape index (κ3) is 3.55. The van der Waals surface area contributed by atoms with Gasteiger partial charge >= 0.3 is 0 Å². The molecule has 0 bridgehead atoms. The van der Waals surface area contributed by atoms with Gasteiger partial charge in [0.05, 0.1) is 0 Å². The number of para-hydroxylation sites is 1. The molecule has 0 spiro atoms. The summed E-state index contributed by atoms with van der Waals surface area (Å²) in [5, 5.41) is 3.03. The third-order valence-electron chi connectivity index (χ3n) is 4.64. The zero-order chi connectivity index (χ0) is 16.2. The lowest BCUT2D eigenvalue weighted by molar-refractivity contribution is 0.0953. The Balaban J connectivity index is 1.47. The topological polar surface area (TPSA) is 32.3 Å². The Morgan fingerprint density at radius 1 is 1.13 bits per heavy atom. The van der Waals surface area contributed by atoms with Crippen LogP contribution in [-0.4, -0.2) is 25.5 Å². The fraction of sp³-hybridized carbons (Fsp3) is 0.350. The average molecular weight is 308 g/mol. The lowest BCUT2D eigenvalue weighted by Gasteiger charge is -2.19. The van der Waals surface area contributed by atoms with E-state index in [2.05, 4.69) is 41.4 Å². The van der Waals surface area contributed by atoms with E-state index in [-0.39, 0.29) is 5.91 Å². The van der Waals surface area contributed by atoms with Crippen LogP contribution in [0.4, 0.5) is 5.69 Å². The van der Waals surface area contributed by atoms with Gasteiger partial charge in [-0.1, -0.05) is 24.3 Å². The maximum atomic E-state index is 12.2. The van der Waals surface area contributed by atoms with E-state index in [0.29, 0.717) is 6.54 Å². The van der Waals surface area contributed by atoms with Crippen molar-refractivity contribution < 1.29 is 4.79 Å². The first-order valence-corrected chi connectivity index (χ1v) is 8.33.